The van der Waals surface area contributed by atoms with Gasteiger partial charge in [-0.15, -0.1) is 11.3 Å². The van der Waals surface area contributed by atoms with Gasteiger partial charge in [-0.2, -0.15) is 0 Å². The third-order valence-electron chi connectivity index (χ3n) is 11.4. The molecule has 286 valence electrons. The monoisotopic (exact) mass is 795 g/mol. The zero-order valence-electron chi connectivity index (χ0n) is 33.1. The van der Waals surface area contributed by atoms with Crippen LogP contribution in [-0.2, 0) is 0 Å². The quantitative estimate of drug-likeness (QED) is 0.154. The van der Waals surface area contributed by atoms with E-state index in [-0.39, 0.29) is 0 Å². The topological polar surface area (TPSA) is 38.7 Å². The number of hydrogen-bond acceptors (Lipinski definition) is 4. The Morgan fingerprint density at radius 2 is 0.623 bits per heavy atom. The first-order valence-electron chi connectivity index (χ1n) is 20.5. The Morgan fingerprint density at radius 3 is 1.20 bits per heavy atom. The number of benzene rings is 9. The van der Waals surface area contributed by atoms with Gasteiger partial charge in [0.25, 0.3) is 0 Å². The summed E-state index contributed by atoms with van der Waals surface area (Å²) >= 11 is 1.85. The third kappa shape index (κ3) is 7.09. The van der Waals surface area contributed by atoms with Crippen molar-refractivity contribution in [1.29, 1.82) is 0 Å². The van der Waals surface area contributed by atoms with E-state index in [0.29, 0.717) is 17.5 Å². The van der Waals surface area contributed by atoms with Gasteiger partial charge in [-0.1, -0.05) is 194 Å². The summed E-state index contributed by atoms with van der Waals surface area (Å²) in [5.74, 6) is 1.90. The van der Waals surface area contributed by atoms with Gasteiger partial charge in [0.15, 0.2) is 17.5 Å². The normalized spacial score (nSPS) is 11.3. The van der Waals surface area contributed by atoms with Crippen LogP contribution < -0.4 is 0 Å². The summed E-state index contributed by atoms with van der Waals surface area (Å²) in [6, 6.07) is 79.6. The van der Waals surface area contributed by atoms with Crippen molar-refractivity contribution in [2.45, 2.75) is 0 Å². The lowest BCUT2D eigenvalue weighted by Gasteiger charge is -2.19. The van der Waals surface area contributed by atoms with Crippen molar-refractivity contribution in [1.82, 2.24) is 15.0 Å². The molecule has 3 nitrogen and oxygen atoms in total. The summed E-state index contributed by atoms with van der Waals surface area (Å²) in [6.45, 7) is 0. The van der Waals surface area contributed by atoms with Gasteiger partial charge in [0.05, 0.1) is 0 Å². The molecule has 2 heterocycles. The van der Waals surface area contributed by atoms with E-state index in [2.05, 4.69) is 188 Å². The predicted molar refractivity (Wildman–Crippen MR) is 256 cm³/mol. The maximum absolute atomic E-state index is 5.10. The zero-order chi connectivity index (χ0) is 40.5. The first kappa shape index (κ1) is 36.3. The Bertz CT molecular complexity index is 3310. The van der Waals surface area contributed by atoms with E-state index in [1.165, 1.54) is 53.6 Å². The molecule has 9 aromatic carbocycles. The molecule has 0 spiro atoms. The fourth-order valence-corrected chi connectivity index (χ4v) is 9.38. The number of nitrogens with zero attached hydrogens (tertiary/aromatic N) is 3. The van der Waals surface area contributed by atoms with Crippen LogP contribution in [0, 0.1) is 0 Å². The number of thiophene rings is 1. The Kier molecular flexibility index (Phi) is 9.38. The van der Waals surface area contributed by atoms with Crippen molar-refractivity contribution in [3.63, 3.8) is 0 Å². The molecular weight excluding hydrogens is 759 g/mol. The molecule has 0 saturated heterocycles. The molecule has 0 saturated carbocycles. The maximum Gasteiger partial charge on any atom is 0.164 e. The molecule has 0 radical (unpaired) electrons. The Hall–Kier alpha value is -7.79. The van der Waals surface area contributed by atoms with Crippen molar-refractivity contribution >= 4 is 31.5 Å². The highest BCUT2D eigenvalue weighted by atomic mass is 32.1. The van der Waals surface area contributed by atoms with Gasteiger partial charge in [0.1, 0.15) is 0 Å². The van der Waals surface area contributed by atoms with Gasteiger partial charge in [0.2, 0.25) is 0 Å². The second-order valence-electron chi connectivity index (χ2n) is 15.2. The van der Waals surface area contributed by atoms with E-state index in [0.717, 1.165) is 38.9 Å². The summed E-state index contributed by atoms with van der Waals surface area (Å²) in [6.07, 6.45) is 0. The number of hydrogen-bond donors (Lipinski definition) is 0. The summed E-state index contributed by atoms with van der Waals surface area (Å²) in [5.41, 5.74) is 14.5. The van der Waals surface area contributed by atoms with Crippen molar-refractivity contribution in [2.24, 2.45) is 0 Å². The summed E-state index contributed by atoms with van der Waals surface area (Å²) < 4.78 is 2.60. The molecule has 0 aliphatic heterocycles. The van der Waals surface area contributed by atoms with Crippen molar-refractivity contribution in [3.8, 4) is 89.8 Å². The highest BCUT2D eigenvalue weighted by Crippen LogP contribution is 2.45. The van der Waals surface area contributed by atoms with Crippen LogP contribution >= 0.6 is 11.3 Å². The van der Waals surface area contributed by atoms with E-state index in [1.54, 1.807) is 0 Å². The van der Waals surface area contributed by atoms with Gasteiger partial charge >= 0.3 is 0 Å². The molecular formula is C57H37N3S. The lowest BCUT2D eigenvalue weighted by molar-refractivity contribution is 1.07. The Morgan fingerprint density at radius 1 is 0.246 bits per heavy atom. The standard InChI is InChI=1S/C57H37N3S/c1-5-15-38(16-6-1)40-25-29-44(30-26-40)56-58-55(43-21-11-4-12-22-43)59-57(60-56)45-31-27-41(28-32-45)49-36-47(39-17-7-2-8-18-39)37-50(54(49)42-19-9-3-10-20-42)46-33-34-53-51(35-46)48-23-13-14-24-52(48)61-53/h1-37H. The number of rotatable bonds is 8. The lowest BCUT2D eigenvalue weighted by atomic mass is 9.84. The summed E-state index contributed by atoms with van der Waals surface area (Å²) in [4.78, 5) is 15.2. The van der Waals surface area contributed by atoms with Gasteiger partial charge in [-0.05, 0) is 86.0 Å². The van der Waals surface area contributed by atoms with Crippen molar-refractivity contribution in [2.75, 3.05) is 0 Å². The molecule has 4 heteroatoms. The smallest absolute Gasteiger partial charge is 0.164 e. The Balaban J connectivity index is 1.06. The van der Waals surface area contributed by atoms with Crippen LogP contribution in [0.25, 0.3) is 110 Å². The van der Waals surface area contributed by atoms with E-state index in [9.17, 15) is 0 Å². The number of fused-ring (bicyclic) bond motifs is 3. The molecule has 0 atom stereocenters. The molecule has 0 unspecified atom stereocenters. The molecule has 2 aromatic heterocycles. The summed E-state index contributed by atoms with van der Waals surface area (Å²) in [5, 5.41) is 2.58. The largest absolute Gasteiger partial charge is 0.208 e. The first-order chi connectivity index (χ1) is 30.2. The average molecular weight is 796 g/mol. The van der Waals surface area contributed by atoms with Gasteiger partial charge < -0.3 is 0 Å². The van der Waals surface area contributed by atoms with E-state index < -0.39 is 0 Å². The van der Waals surface area contributed by atoms with Crippen LogP contribution in [-0.4, -0.2) is 15.0 Å². The molecule has 11 rings (SSSR count). The minimum absolute atomic E-state index is 0.626. The minimum Gasteiger partial charge on any atom is -0.208 e. The second-order valence-corrected chi connectivity index (χ2v) is 16.3. The molecule has 0 amide bonds. The van der Waals surface area contributed by atoms with Crippen LogP contribution in [0.15, 0.2) is 224 Å². The molecule has 61 heavy (non-hydrogen) atoms. The fourth-order valence-electron chi connectivity index (χ4n) is 8.30. The fraction of sp³-hybridized carbons (Fsp3) is 0. The van der Waals surface area contributed by atoms with E-state index in [4.69, 9.17) is 15.0 Å². The lowest BCUT2D eigenvalue weighted by Crippen LogP contribution is -2.00. The highest BCUT2D eigenvalue weighted by molar-refractivity contribution is 7.25. The molecule has 0 aliphatic rings. The van der Waals surface area contributed by atoms with Crippen LogP contribution in [0.3, 0.4) is 0 Å². The third-order valence-corrected chi connectivity index (χ3v) is 12.5. The van der Waals surface area contributed by atoms with E-state index >= 15 is 0 Å². The first-order valence-corrected chi connectivity index (χ1v) is 21.3. The summed E-state index contributed by atoms with van der Waals surface area (Å²) in [7, 11) is 0. The van der Waals surface area contributed by atoms with E-state index in [1.807, 2.05) is 47.7 Å². The molecule has 0 fully saturated rings. The van der Waals surface area contributed by atoms with Crippen LogP contribution in [0.5, 0.6) is 0 Å². The van der Waals surface area contributed by atoms with Crippen LogP contribution in [0.1, 0.15) is 0 Å². The van der Waals surface area contributed by atoms with Crippen molar-refractivity contribution in [3.05, 3.63) is 224 Å². The van der Waals surface area contributed by atoms with Gasteiger partial charge in [-0.3, -0.25) is 0 Å². The predicted octanol–water partition coefficient (Wildman–Crippen LogP) is 15.6. The SMILES string of the molecule is c1ccc(-c2ccc(-c3nc(-c4ccccc4)nc(-c4ccc(-c5cc(-c6ccccc6)cc(-c6ccc7sc8ccccc8c7c6)c5-c5ccccc5)cc4)n3)cc2)cc1. The van der Waals surface area contributed by atoms with Crippen LogP contribution in [0.2, 0.25) is 0 Å². The van der Waals surface area contributed by atoms with Crippen molar-refractivity contribution < 1.29 is 0 Å². The molecule has 0 bridgehead atoms. The van der Waals surface area contributed by atoms with Crippen LogP contribution in [0.4, 0.5) is 0 Å². The molecule has 0 aliphatic carbocycles. The molecule has 0 N–H and O–H groups in total. The Labute approximate surface area is 359 Å². The molecule has 11 aromatic rings. The maximum atomic E-state index is 5.10. The minimum atomic E-state index is 0.626. The average Bonchev–Trinajstić information content (AvgIpc) is 3.73. The van der Waals surface area contributed by atoms with Gasteiger partial charge in [0, 0.05) is 36.9 Å². The highest BCUT2D eigenvalue weighted by Gasteiger charge is 2.19. The van der Waals surface area contributed by atoms with Gasteiger partial charge in [-0.25, -0.2) is 15.0 Å². The number of aromatic nitrogens is 3. The zero-order valence-corrected chi connectivity index (χ0v) is 33.9. The second kappa shape index (κ2) is 15.8.